The van der Waals surface area contributed by atoms with Crippen LogP contribution in [-0.2, 0) is 9.16 Å². The maximum absolute atomic E-state index is 11.5. The average Bonchev–Trinajstić information content (AvgIpc) is 2.30. The molecule has 0 rings (SSSR count). The summed E-state index contributed by atoms with van der Waals surface area (Å²) in [4.78, 5) is 13.6. The number of hydrogen-bond donors (Lipinski definition) is 2. The van der Waals surface area contributed by atoms with Crippen molar-refractivity contribution in [3.05, 3.63) is 0 Å². The van der Waals surface area contributed by atoms with Crippen LogP contribution < -0.4 is 10.9 Å². The first kappa shape index (κ1) is 22.4. The standard InChI is InChI=1S/C16H37N3O3Si/c1-15(2,3)22-14(20)18-17-10-11-19(7)12-13-21-23(8,9)16(4,5)6/h17H,10-13H2,1-9H3,(H,18,20). The van der Waals surface area contributed by atoms with Crippen LogP contribution in [0.4, 0.5) is 4.79 Å². The second kappa shape index (κ2) is 9.01. The van der Waals surface area contributed by atoms with Crippen LogP contribution in [-0.4, -0.2) is 58.2 Å². The number of hydrogen-bond acceptors (Lipinski definition) is 5. The number of nitrogens with zero attached hydrogens (tertiary/aromatic N) is 1. The summed E-state index contributed by atoms with van der Waals surface area (Å²) in [5, 5.41) is 0.241. The van der Waals surface area contributed by atoms with E-state index < -0.39 is 20.0 Å². The lowest BCUT2D eigenvalue weighted by Gasteiger charge is -2.36. The van der Waals surface area contributed by atoms with Gasteiger partial charge in [0.2, 0.25) is 0 Å². The third-order valence-electron chi connectivity index (χ3n) is 3.95. The minimum Gasteiger partial charge on any atom is -0.443 e. The normalized spacial score (nSPS) is 13.3. The minimum absolute atomic E-state index is 0.241. The Labute approximate surface area is 143 Å². The van der Waals surface area contributed by atoms with E-state index in [1.54, 1.807) is 0 Å². The number of hydrazine groups is 1. The molecule has 7 heteroatoms. The number of rotatable bonds is 8. The molecule has 0 spiro atoms. The molecule has 6 nitrogen and oxygen atoms in total. The van der Waals surface area contributed by atoms with Gasteiger partial charge in [-0.15, -0.1) is 0 Å². The first-order chi connectivity index (χ1) is 10.2. The molecule has 0 saturated heterocycles. The van der Waals surface area contributed by atoms with Crippen molar-refractivity contribution >= 4 is 14.4 Å². The van der Waals surface area contributed by atoms with Crippen LogP contribution >= 0.6 is 0 Å². The van der Waals surface area contributed by atoms with E-state index in [4.69, 9.17) is 9.16 Å². The topological polar surface area (TPSA) is 62.8 Å². The Morgan fingerprint density at radius 2 is 1.65 bits per heavy atom. The lowest BCUT2D eigenvalue weighted by Crippen LogP contribution is -2.45. The second-order valence-electron chi connectivity index (χ2n) is 8.47. The molecule has 2 N–H and O–H groups in total. The molecule has 0 atom stereocenters. The van der Waals surface area contributed by atoms with Crippen molar-refractivity contribution in [3.8, 4) is 0 Å². The van der Waals surface area contributed by atoms with Gasteiger partial charge in [-0.2, -0.15) is 0 Å². The highest BCUT2D eigenvalue weighted by Gasteiger charge is 2.36. The van der Waals surface area contributed by atoms with Gasteiger partial charge in [-0.3, -0.25) is 5.43 Å². The fourth-order valence-corrected chi connectivity index (χ4v) is 2.50. The van der Waals surface area contributed by atoms with Gasteiger partial charge in [0, 0.05) is 26.2 Å². The zero-order valence-electron chi connectivity index (χ0n) is 16.5. The predicted octanol–water partition coefficient (Wildman–Crippen LogP) is 2.97. The molecule has 0 aliphatic rings. The third-order valence-corrected chi connectivity index (χ3v) is 8.49. The van der Waals surface area contributed by atoms with Gasteiger partial charge in [0.15, 0.2) is 8.32 Å². The summed E-state index contributed by atoms with van der Waals surface area (Å²) in [6, 6.07) is 0. The lowest BCUT2D eigenvalue weighted by molar-refractivity contribution is 0.0496. The Morgan fingerprint density at radius 3 is 2.13 bits per heavy atom. The van der Waals surface area contributed by atoms with Crippen molar-refractivity contribution in [1.29, 1.82) is 0 Å². The smallest absolute Gasteiger partial charge is 0.422 e. The molecule has 23 heavy (non-hydrogen) atoms. The van der Waals surface area contributed by atoms with Crippen LogP contribution in [0.25, 0.3) is 0 Å². The van der Waals surface area contributed by atoms with Crippen molar-refractivity contribution in [1.82, 2.24) is 15.8 Å². The van der Waals surface area contributed by atoms with Crippen LogP contribution in [0.5, 0.6) is 0 Å². The summed E-state index contributed by atoms with van der Waals surface area (Å²) in [7, 11) is 0.382. The van der Waals surface area contributed by atoms with Gasteiger partial charge in [0.25, 0.3) is 0 Å². The van der Waals surface area contributed by atoms with E-state index in [0.29, 0.717) is 6.54 Å². The molecule has 0 fully saturated rings. The summed E-state index contributed by atoms with van der Waals surface area (Å²) in [6.45, 7) is 19.9. The molecule has 0 aromatic heterocycles. The summed E-state index contributed by atoms with van der Waals surface area (Å²) in [5.41, 5.74) is 4.92. The van der Waals surface area contributed by atoms with E-state index in [9.17, 15) is 4.79 Å². The number of likely N-dealkylation sites (N-methyl/N-ethyl adjacent to an activating group) is 1. The maximum atomic E-state index is 11.5. The van der Waals surface area contributed by atoms with E-state index in [2.05, 4.69) is 49.6 Å². The number of amides is 1. The van der Waals surface area contributed by atoms with Crippen LogP contribution in [0.3, 0.4) is 0 Å². The highest BCUT2D eigenvalue weighted by atomic mass is 28.4. The van der Waals surface area contributed by atoms with Gasteiger partial charge < -0.3 is 14.1 Å². The number of nitrogens with one attached hydrogen (secondary N) is 2. The van der Waals surface area contributed by atoms with Gasteiger partial charge >= 0.3 is 6.09 Å². The molecule has 0 heterocycles. The molecule has 0 aliphatic carbocycles. The van der Waals surface area contributed by atoms with Gasteiger partial charge in [-0.05, 0) is 46.0 Å². The number of carbonyl (C=O) groups excluding carboxylic acids is 1. The zero-order valence-corrected chi connectivity index (χ0v) is 17.5. The molecular weight excluding hydrogens is 310 g/mol. The molecule has 0 aromatic rings. The molecule has 138 valence electrons. The lowest BCUT2D eigenvalue weighted by atomic mass is 10.2. The van der Waals surface area contributed by atoms with E-state index >= 15 is 0 Å². The molecular formula is C16H37N3O3Si. The molecule has 1 amide bonds. The van der Waals surface area contributed by atoms with Crippen molar-refractivity contribution < 1.29 is 14.0 Å². The fraction of sp³-hybridized carbons (Fsp3) is 0.938. The summed E-state index contributed by atoms with van der Waals surface area (Å²) in [5.74, 6) is 0. The van der Waals surface area contributed by atoms with Crippen molar-refractivity contribution in [2.75, 3.05) is 33.3 Å². The first-order valence-electron chi connectivity index (χ1n) is 8.29. The first-order valence-corrected chi connectivity index (χ1v) is 11.2. The van der Waals surface area contributed by atoms with Crippen LogP contribution in [0.2, 0.25) is 18.1 Å². The molecule has 0 saturated carbocycles. The van der Waals surface area contributed by atoms with Crippen molar-refractivity contribution in [2.45, 2.75) is 65.3 Å². The molecule has 0 bridgehead atoms. The van der Waals surface area contributed by atoms with Crippen molar-refractivity contribution in [3.63, 3.8) is 0 Å². The molecule has 0 radical (unpaired) electrons. The van der Waals surface area contributed by atoms with E-state index in [0.717, 1.165) is 19.7 Å². The highest BCUT2D eigenvalue weighted by molar-refractivity contribution is 6.74. The Balaban J connectivity index is 3.81. The molecule has 0 unspecified atom stereocenters. The number of carbonyl (C=O) groups is 1. The monoisotopic (exact) mass is 347 g/mol. The average molecular weight is 348 g/mol. The van der Waals surface area contributed by atoms with E-state index in [-0.39, 0.29) is 5.04 Å². The second-order valence-corrected chi connectivity index (χ2v) is 13.3. The molecule has 0 aliphatic heterocycles. The van der Waals surface area contributed by atoms with Crippen LogP contribution in [0.15, 0.2) is 0 Å². The van der Waals surface area contributed by atoms with Gasteiger partial charge in [0.05, 0.1) is 0 Å². The summed E-state index contributed by atoms with van der Waals surface area (Å²) >= 11 is 0. The Bertz CT molecular complexity index is 363. The Morgan fingerprint density at radius 1 is 1.09 bits per heavy atom. The molecule has 0 aromatic carbocycles. The quantitative estimate of drug-likeness (QED) is 0.401. The van der Waals surface area contributed by atoms with Crippen LogP contribution in [0, 0.1) is 0 Å². The largest absolute Gasteiger partial charge is 0.443 e. The van der Waals surface area contributed by atoms with Gasteiger partial charge in [-0.1, -0.05) is 20.8 Å². The highest BCUT2D eigenvalue weighted by Crippen LogP contribution is 2.36. The zero-order chi connectivity index (χ0) is 18.3. The minimum atomic E-state index is -1.66. The Hall–Kier alpha value is -0.633. The number of ether oxygens (including phenoxy) is 1. The fourth-order valence-electron chi connectivity index (χ4n) is 1.47. The predicted molar refractivity (Wildman–Crippen MR) is 98.0 cm³/mol. The third kappa shape index (κ3) is 10.7. The summed E-state index contributed by atoms with van der Waals surface area (Å²) in [6.07, 6.45) is -0.457. The Kier molecular flexibility index (Phi) is 8.76. The van der Waals surface area contributed by atoms with Crippen molar-refractivity contribution in [2.24, 2.45) is 0 Å². The van der Waals surface area contributed by atoms with Gasteiger partial charge in [0.1, 0.15) is 5.60 Å². The SMILES string of the molecule is CN(CCNNC(=O)OC(C)(C)C)CCO[Si](C)(C)C(C)(C)C. The maximum Gasteiger partial charge on any atom is 0.422 e. The van der Waals surface area contributed by atoms with Gasteiger partial charge in [-0.25, -0.2) is 10.2 Å². The van der Waals surface area contributed by atoms with E-state index in [1.807, 2.05) is 27.8 Å². The van der Waals surface area contributed by atoms with Crippen LogP contribution in [0.1, 0.15) is 41.5 Å². The summed E-state index contributed by atoms with van der Waals surface area (Å²) < 4.78 is 11.3. The van der Waals surface area contributed by atoms with E-state index in [1.165, 1.54) is 0 Å².